The van der Waals surface area contributed by atoms with Crippen molar-refractivity contribution in [2.45, 2.75) is 172 Å². The van der Waals surface area contributed by atoms with E-state index >= 15 is 0 Å². The highest BCUT2D eigenvalue weighted by Gasteiger charge is 2.51. The fourth-order valence-corrected chi connectivity index (χ4v) is 15.9. The first kappa shape index (κ1) is 49.8. The van der Waals surface area contributed by atoms with Gasteiger partial charge in [0.1, 0.15) is 23.7 Å². The van der Waals surface area contributed by atoms with Crippen molar-refractivity contribution in [3.63, 3.8) is 0 Å². The molecule has 2 aromatic heterocycles. The summed E-state index contributed by atoms with van der Waals surface area (Å²) in [6, 6.07) is 21.9. The zero-order valence-electron chi connectivity index (χ0n) is 45.8. The number of ether oxygens (including phenoxy) is 2. The van der Waals surface area contributed by atoms with E-state index in [4.69, 9.17) is 19.4 Å². The maximum atomic E-state index is 14.6. The van der Waals surface area contributed by atoms with E-state index in [9.17, 15) is 19.2 Å². The number of hydrogen-bond donors (Lipinski definition) is 4. The van der Waals surface area contributed by atoms with Crippen molar-refractivity contribution in [1.29, 1.82) is 0 Å². The smallest absolute Gasteiger partial charge is 0.407 e. The number of hydrogen-bond acceptors (Lipinski definition) is 8. The summed E-state index contributed by atoms with van der Waals surface area (Å²) in [7, 11) is 2.68. The first-order valence-corrected chi connectivity index (χ1v) is 28.9. The third-order valence-electron chi connectivity index (χ3n) is 19.8. The van der Waals surface area contributed by atoms with E-state index in [1.54, 1.807) is 0 Å². The number of carbonyl (C=O) groups is 4. The molecule has 4 fully saturated rings. The predicted molar refractivity (Wildman–Crippen MR) is 296 cm³/mol. The quantitative estimate of drug-likeness (QED) is 0.0992. The summed E-state index contributed by atoms with van der Waals surface area (Å²) in [5.41, 5.74) is 17.1. The molecule has 0 radical (unpaired) electrons. The summed E-state index contributed by atoms with van der Waals surface area (Å²) in [5.74, 6) is 2.41. The average Bonchev–Trinajstić information content (AvgIpc) is 4.37. The Bertz CT molecular complexity index is 3380. The molecule has 4 N–H and O–H groups in total. The highest BCUT2D eigenvalue weighted by Crippen LogP contribution is 2.57. The van der Waals surface area contributed by atoms with Gasteiger partial charge in [0.15, 0.2) is 0 Å². The molecule has 0 spiro atoms. The Kier molecular flexibility index (Phi) is 12.3. The zero-order valence-corrected chi connectivity index (χ0v) is 45.8. The van der Waals surface area contributed by atoms with Gasteiger partial charge in [0.2, 0.25) is 11.8 Å². The van der Waals surface area contributed by atoms with Crippen molar-refractivity contribution in [1.82, 2.24) is 40.4 Å². The molecule has 402 valence electrons. The van der Waals surface area contributed by atoms with Gasteiger partial charge < -0.3 is 39.9 Å². The van der Waals surface area contributed by atoms with Crippen molar-refractivity contribution in [2.75, 3.05) is 14.2 Å². The number of H-pyrrole nitrogens is 2. The Morgan fingerprint density at radius 2 is 1.13 bits per heavy atom. The van der Waals surface area contributed by atoms with Gasteiger partial charge in [-0.15, -0.1) is 0 Å². The second-order valence-corrected chi connectivity index (χ2v) is 24.6. The molecule has 2 aliphatic heterocycles. The number of aromatic amines is 2. The summed E-state index contributed by atoms with van der Waals surface area (Å²) in [5, 5.41) is 5.71. The molecule has 2 unspecified atom stereocenters. The van der Waals surface area contributed by atoms with Crippen LogP contribution in [-0.4, -0.2) is 92.1 Å². The fraction of sp³-hybridized carbons (Fsp3) is 0.524. The number of imidazole rings is 2. The topological polar surface area (TPSA) is 175 Å². The van der Waals surface area contributed by atoms with E-state index in [1.165, 1.54) is 82.7 Å². The lowest BCUT2D eigenvalue weighted by atomic mass is 9.56. The van der Waals surface area contributed by atoms with Gasteiger partial charge in [0.25, 0.3) is 0 Å². The van der Waals surface area contributed by atoms with Gasteiger partial charge in [-0.2, -0.15) is 0 Å². The molecular weight excluding hydrogens is 965 g/mol. The minimum atomic E-state index is -0.695. The van der Waals surface area contributed by atoms with Gasteiger partial charge in [-0.3, -0.25) is 9.59 Å². The number of amides is 4. The Morgan fingerprint density at radius 3 is 1.64 bits per heavy atom. The molecular formula is C63H74N8O6. The molecule has 4 heterocycles. The summed E-state index contributed by atoms with van der Waals surface area (Å²) < 4.78 is 9.92. The van der Waals surface area contributed by atoms with Crippen molar-refractivity contribution >= 4 is 46.1 Å². The number of fused-ring (bicyclic) bond motifs is 9. The third kappa shape index (κ3) is 8.06. The highest BCUT2D eigenvalue weighted by molar-refractivity contribution is 5.90. The lowest BCUT2D eigenvalue weighted by Crippen LogP contribution is -2.53. The molecule has 77 heavy (non-hydrogen) atoms. The number of benzene rings is 4. The fourth-order valence-electron chi connectivity index (χ4n) is 15.9. The number of rotatable bonds is 11. The van der Waals surface area contributed by atoms with Crippen LogP contribution in [0.4, 0.5) is 9.59 Å². The van der Waals surface area contributed by atoms with E-state index in [1.807, 2.05) is 27.7 Å². The molecule has 4 amide bonds. The van der Waals surface area contributed by atoms with E-state index in [0.29, 0.717) is 17.8 Å². The number of methoxy groups -OCH3 is 2. The van der Waals surface area contributed by atoms with Gasteiger partial charge in [-0.1, -0.05) is 96.7 Å². The van der Waals surface area contributed by atoms with Crippen molar-refractivity contribution in [3.8, 4) is 22.3 Å². The average molecular weight is 1040 g/mol. The largest absolute Gasteiger partial charge is 0.453 e. The number of nitrogens with zero attached hydrogens (tertiary/aromatic N) is 4. The van der Waals surface area contributed by atoms with E-state index in [-0.39, 0.29) is 53.2 Å². The van der Waals surface area contributed by atoms with Crippen LogP contribution in [0.15, 0.2) is 60.7 Å². The molecule has 5 bridgehead atoms. The number of aromatic nitrogens is 4. The first-order valence-electron chi connectivity index (χ1n) is 28.9. The normalized spacial score (nSPS) is 26.5. The summed E-state index contributed by atoms with van der Waals surface area (Å²) in [6.07, 6.45) is 13.0. The van der Waals surface area contributed by atoms with Gasteiger partial charge in [0.05, 0.1) is 48.4 Å². The lowest BCUT2D eigenvalue weighted by Gasteiger charge is -2.46. The number of alkyl carbamates (subject to hydrolysis) is 2. The number of carbonyl (C=O) groups excluding carboxylic acids is 4. The van der Waals surface area contributed by atoms with Crippen molar-refractivity contribution in [2.24, 2.45) is 23.7 Å². The van der Waals surface area contributed by atoms with Crippen molar-refractivity contribution < 1.29 is 28.7 Å². The zero-order chi connectivity index (χ0) is 53.2. The number of nitrogens with one attached hydrogen (secondary N) is 4. The first-order chi connectivity index (χ1) is 37.2. The van der Waals surface area contributed by atoms with Crippen LogP contribution in [0.3, 0.4) is 0 Å². The van der Waals surface area contributed by atoms with E-state index < -0.39 is 24.3 Å². The van der Waals surface area contributed by atoms with Crippen LogP contribution < -0.4 is 10.6 Å². The monoisotopic (exact) mass is 1040 g/mol. The predicted octanol–water partition coefficient (Wildman–Crippen LogP) is 11.6. The maximum absolute atomic E-state index is 14.6. The molecule has 7 aliphatic rings. The molecule has 13 rings (SSSR count). The van der Waals surface area contributed by atoms with Gasteiger partial charge in [0, 0.05) is 17.5 Å². The molecule has 2 saturated heterocycles. The van der Waals surface area contributed by atoms with E-state index in [2.05, 4.69) is 98.0 Å². The SMILES string of the molecule is CCC12Cc3cc(-c4ccc5nc([C@@H]6C[C@@H]7CCCC[C@@H]7N6C(=O)[C@@H](NC(=O)OC)C(C)C)[nH]c5c4)c(cc31)C1Cc3cc(-c4ccc5nc([C@@H]6C[C@@H]7CCCC[C@@H]7N6C(=O)[C@@H](NC(=O)OC)C(C)C)[nH]c5c4)c2cc3C1. The minimum Gasteiger partial charge on any atom is -0.453 e. The van der Waals surface area contributed by atoms with Crippen molar-refractivity contribution in [3.05, 3.63) is 106 Å². The lowest BCUT2D eigenvalue weighted by molar-refractivity contribution is -0.139. The summed E-state index contributed by atoms with van der Waals surface area (Å²) in [4.78, 5) is 76.2. The van der Waals surface area contributed by atoms with Crippen LogP contribution in [0.2, 0.25) is 0 Å². The van der Waals surface area contributed by atoms with Crippen LogP contribution in [0, 0.1) is 23.7 Å². The molecule has 14 heteroatoms. The van der Waals surface area contributed by atoms with Gasteiger partial charge in [-0.05, 0) is 174 Å². The Labute approximate surface area is 451 Å². The molecule has 2 saturated carbocycles. The molecule has 6 aromatic rings. The molecule has 5 aliphatic carbocycles. The van der Waals surface area contributed by atoms with Crippen LogP contribution in [0.25, 0.3) is 44.3 Å². The van der Waals surface area contributed by atoms with Crippen LogP contribution in [0.1, 0.15) is 168 Å². The molecule has 10 atom stereocenters. The molecule has 14 nitrogen and oxygen atoms in total. The Balaban J connectivity index is 0.818. The second kappa shape index (κ2) is 19.0. The van der Waals surface area contributed by atoms with Crippen LogP contribution >= 0.6 is 0 Å². The standard InChI is InChI=1S/C63H74N8O6/c1-8-63-31-41-24-42(34-17-19-47-49(26-34)66-57(64-47)53-28-36-13-9-11-15-51(36)70(53)59(72)55(32(2)3)68-61(74)76-6)43(30-45(41)63)40-21-38-23-44(46(63)25-39(38)22-40)35-18-20-48-50(27-35)67-58(65-48)54-29-37-14-10-12-16-52(37)71(54)60(73)56(33(4)5)69-62(75)77-7/h17-20,23-27,30,32-33,36-37,40,51-56H,8-16,21-22,28-29,31H2,1-7H3,(H,64,66)(H,65,67)(H,68,74)(H,69,75)/t36-,37-,40?,51-,52-,53-,54-,55-,56-,63?/m0/s1. The Hall–Kier alpha value is -6.70. The third-order valence-corrected chi connectivity index (χ3v) is 19.8. The Morgan fingerprint density at radius 1 is 0.636 bits per heavy atom. The maximum Gasteiger partial charge on any atom is 0.407 e. The van der Waals surface area contributed by atoms with Crippen LogP contribution in [-0.2, 0) is 43.7 Å². The summed E-state index contributed by atoms with van der Waals surface area (Å²) in [6.45, 7) is 10.2. The van der Waals surface area contributed by atoms with E-state index in [0.717, 1.165) is 111 Å². The van der Waals surface area contributed by atoms with Gasteiger partial charge >= 0.3 is 12.2 Å². The highest BCUT2D eigenvalue weighted by atomic mass is 16.5. The van der Waals surface area contributed by atoms with Crippen LogP contribution in [0.5, 0.6) is 0 Å². The van der Waals surface area contributed by atoms with Gasteiger partial charge in [-0.25, -0.2) is 19.6 Å². The number of likely N-dealkylation sites (tertiary alicyclic amines) is 2. The minimum absolute atomic E-state index is 0.0599. The molecule has 4 aromatic carbocycles. The second-order valence-electron chi connectivity index (χ2n) is 24.6. The summed E-state index contributed by atoms with van der Waals surface area (Å²) >= 11 is 0.